The zero-order valence-corrected chi connectivity index (χ0v) is 22.9. The Morgan fingerprint density at radius 2 is 1.15 bits per heavy atom. The summed E-state index contributed by atoms with van der Waals surface area (Å²) in [4.78, 5) is 16.8. The molecule has 3 fully saturated rings. The number of hydrogen-bond donors (Lipinski definition) is 4. The van der Waals surface area contributed by atoms with Gasteiger partial charge in [0.25, 0.3) is 0 Å². The maximum absolute atomic E-state index is 4.82. The van der Waals surface area contributed by atoms with E-state index in [1.807, 2.05) is 6.20 Å². The van der Waals surface area contributed by atoms with Crippen molar-refractivity contribution in [2.75, 3.05) is 13.1 Å². The molecule has 6 heteroatoms. The maximum Gasteiger partial charge on any atom is 0.123 e. The molecule has 4 heterocycles. The van der Waals surface area contributed by atoms with Gasteiger partial charge < -0.3 is 20.6 Å². The van der Waals surface area contributed by atoms with Crippen LogP contribution in [0.4, 0.5) is 0 Å². The Labute approximate surface area is 230 Å². The Hall–Kier alpha value is -3.22. The van der Waals surface area contributed by atoms with Crippen LogP contribution in [0.25, 0.3) is 33.6 Å². The van der Waals surface area contributed by atoms with E-state index in [2.05, 4.69) is 77.0 Å². The topological polar surface area (TPSA) is 81.4 Å². The molecular weight excluding hydrogens is 480 g/mol. The molecule has 8 rings (SSSR count). The van der Waals surface area contributed by atoms with Crippen LogP contribution in [0.1, 0.15) is 92.6 Å². The lowest BCUT2D eigenvalue weighted by Crippen LogP contribution is -2.14. The maximum atomic E-state index is 4.82. The number of hydrogen-bond acceptors (Lipinski definition) is 4. The van der Waals surface area contributed by atoms with E-state index < -0.39 is 0 Å². The molecule has 2 aliphatic carbocycles. The number of nitrogens with one attached hydrogen (secondary N) is 4. The van der Waals surface area contributed by atoms with Crippen molar-refractivity contribution in [3.8, 4) is 33.6 Å². The molecule has 6 nitrogen and oxygen atoms in total. The highest BCUT2D eigenvalue weighted by Gasteiger charge is 2.40. The number of benzene rings is 2. The average Bonchev–Trinajstić information content (AvgIpc) is 3.79. The molecule has 3 unspecified atom stereocenters. The van der Waals surface area contributed by atoms with Gasteiger partial charge >= 0.3 is 0 Å². The van der Waals surface area contributed by atoms with Gasteiger partial charge in [-0.05, 0) is 96.7 Å². The van der Waals surface area contributed by atoms with Crippen LogP contribution < -0.4 is 10.6 Å². The third-order valence-electron chi connectivity index (χ3n) is 9.89. The van der Waals surface area contributed by atoms with Crippen molar-refractivity contribution in [3.63, 3.8) is 0 Å². The first-order chi connectivity index (χ1) is 19.1. The summed E-state index contributed by atoms with van der Waals surface area (Å²) >= 11 is 0. The first-order valence-corrected chi connectivity index (χ1v) is 14.9. The lowest BCUT2D eigenvalue weighted by Gasteiger charge is -2.22. The van der Waals surface area contributed by atoms with E-state index in [0.29, 0.717) is 35.8 Å². The lowest BCUT2D eigenvalue weighted by molar-refractivity contribution is 0.588. The molecule has 4 aliphatic rings. The normalized spacial score (nSPS) is 29.4. The summed E-state index contributed by atoms with van der Waals surface area (Å²) in [7, 11) is 0. The highest BCUT2D eigenvalue weighted by molar-refractivity contribution is 5.80. The van der Waals surface area contributed by atoms with Gasteiger partial charge in [0.15, 0.2) is 0 Å². The van der Waals surface area contributed by atoms with Gasteiger partial charge in [0, 0.05) is 5.56 Å². The van der Waals surface area contributed by atoms with Crippen LogP contribution in [0.3, 0.4) is 0 Å². The number of aromatic amines is 2. The summed E-state index contributed by atoms with van der Waals surface area (Å²) in [5.41, 5.74) is 10.7. The molecule has 2 bridgehead atoms. The van der Waals surface area contributed by atoms with Gasteiger partial charge in [-0.2, -0.15) is 0 Å². The predicted octanol–water partition coefficient (Wildman–Crippen LogP) is 6.84. The summed E-state index contributed by atoms with van der Waals surface area (Å²) in [6.07, 6.45) is 10.3. The van der Waals surface area contributed by atoms with Gasteiger partial charge in [-0.3, -0.25) is 0 Å². The Kier molecular flexibility index (Phi) is 5.56. The average molecular weight is 519 g/mol. The highest BCUT2D eigenvalue weighted by atomic mass is 15.1. The fraction of sp³-hybridized carbons (Fsp3) is 0.455. The summed E-state index contributed by atoms with van der Waals surface area (Å²) < 4.78 is 0. The molecule has 4 N–H and O–H groups in total. The largest absolute Gasteiger partial charge is 0.341 e. The molecule has 6 atom stereocenters. The van der Waals surface area contributed by atoms with E-state index >= 15 is 0 Å². The molecule has 2 aromatic heterocycles. The molecule has 2 saturated heterocycles. The van der Waals surface area contributed by atoms with Gasteiger partial charge in [0.1, 0.15) is 11.6 Å². The molecule has 1 saturated carbocycles. The Morgan fingerprint density at radius 3 is 1.77 bits per heavy atom. The van der Waals surface area contributed by atoms with Gasteiger partial charge in [-0.1, -0.05) is 50.2 Å². The van der Waals surface area contributed by atoms with Gasteiger partial charge in [0.2, 0.25) is 0 Å². The molecule has 2 aromatic carbocycles. The van der Waals surface area contributed by atoms with Crippen molar-refractivity contribution in [3.05, 3.63) is 71.6 Å². The van der Waals surface area contributed by atoms with Crippen LogP contribution in [0.5, 0.6) is 0 Å². The van der Waals surface area contributed by atoms with E-state index in [-0.39, 0.29) is 0 Å². The Morgan fingerprint density at radius 1 is 0.615 bits per heavy atom. The highest BCUT2D eigenvalue weighted by Crippen LogP contribution is 2.58. The zero-order chi connectivity index (χ0) is 26.1. The number of aromatic nitrogens is 4. The van der Waals surface area contributed by atoms with Crippen LogP contribution in [0.2, 0.25) is 0 Å². The van der Waals surface area contributed by atoms with Gasteiger partial charge in [0.05, 0.1) is 35.9 Å². The van der Waals surface area contributed by atoms with E-state index in [9.17, 15) is 0 Å². The summed E-state index contributed by atoms with van der Waals surface area (Å²) in [6.45, 7) is 6.75. The third-order valence-corrected chi connectivity index (χ3v) is 9.89. The fourth-order valence-electron chi connectivity index (χ4n) is 7.89. The third kappa shape index (κ3) is 3.99. The standard InChI is InChI=1S/C33H38N6/c1-18-11-26(34-14-18)32-36-16-28(38-32)21-5-3-20(4-6-21)24-9-10-25(31-23-8-7-22(13-23)30(24)31)29-17-37-33(39-29)27-12-19(2)15-35-27/h3-6,9-10,16-19,22-23,26-27,34-35H,7-8,11-15H2,1-2H3,(H,36,38)(H,37,39)/t18-,19-,22?,23?,26?,27-/m0/s1. The van der Waals surface area contributed by atoms with Crippen molar-refractivity contribution < 1.29 is 0 Å². The van der Waals surface area contributed by atoms with Crippen LogP contribution >= 0.6 is 0 Å². The Balaban J connectivity index is 1.10. The molecule has 39 heavy (non-hydrogen) atoms. The van der Waals surface area contributed by atoms with Crippen LogP contribution in [0, 0.1) is 11.8 Å². The quantitative estimate of drug-likeness (QED) is 0.233. The molecular formula is C33H38N6. The summed E-state index contributed by atoms with van der Waals surface area (Å²) in [6, 6.07) is 14.5. The Bertz CT molecular complexity index is 1510. The molecule has 0 amide bonds. The van der Waals surface area contributed by atoms with Crippen molar-refractivity contribution in [1.29, 1.82) is 0 Å². The second-order valence-electron chi connectivity index (χ2n) is 12.7. The monoisotopic (exact) mass is 518 g/mol. The minimum absolute atomic E-state index is 0.341. The molecule has 200 valence electrons. The molecule has 0 radical (unpaired) electrons. The summed E-state index contributed by atoms with van der Waals surface area (Å²) in [5.74, 6) is 4.91. The number of imidazole rings is 2. The number of H-pyrrole nitrogens is 2. The second kappa shape index (κ2) is 9.17. The number of nitrogens with zero attached hydrogens (tertiary/aromatic N) is 2. The first-order valence-electron chi connectivity index (χ1n) is 14.9. The zero-order valence-electron chi connectivity index (χ0n) is 22.9. The van der Waals surface area contributed by atoms with E-state index in [4.69, 9.17) is 9.97 Å². The molecule has 4 aromatic rings. The predicted molar refractivity (Wildman–Crippen MR) is 155 cm³/mol. The van der Waals surface area contributed by atoms with Crippen molar-refractivity contribution in [1.82, 2.24) is 30.6 Å². The van der Waals surface area contributed by atoms with Crippen molar-refractivity contribution in [2.24, 2.45) is 11.8 Å². The molecule has 2 aliphatic heterocycles. The number of fused-ring (bicyclic) bond motifs is 5. The molecule has 0 spiro atoms. The van der Waals surface area contributed by atoms with Crippen molar-refractivity contribution >= 4 is 0 Å². The van der Waals surface area contributed by atoms with Crippen LogP contribution in [-0.4, -0.2) is 33.0 Å². The van der Waals surface area contributed by atoms with Crippen LogP contribution in [0.15, 0.2) is 48.8 Å². The van der Waals surface area contributed by atoms with Gasteiger partial charge in [-0.15, -0.1) is 0 Å². The minimum Gasteiger partial charge on any atom is -0.341 e. The van der Waals surface area contributed by atoms with Gasteiger partial charge in [-0.25, -0.2) is 9.97 Å². The smallest absolute Gasteiger partial charge is 0.123 e. The van der Waals surface area contributed by atoms with E-state index in [1.165, 1.54) is 47.2 Å². The van der Waals surface area contributed by atoms with Crippen molar-refractivity contribution in [2.45, 2.75) is 69.9 Å². The number of rotatable bonds is 5. The van der Waals surface area contributed by atoms with E-state index in [0.717, 1.165) is 43.3 Å². The van der Waals surface area contributed by atoms with E-state index in [1.54, 1.807) is 11.1 Å². The lowest BCUT2D eigenvalue weighted by atomic mass is 9.82. The summed E-state index contributed by atoms with van der Waals surface area (Å²) in [5, 5.41) is 7.21. The first kappa shape index (κ1) is 23.6. The fourth-order valence-corrected chi connectivity index (χ4v) is 7.89. The minimum atomic E-state index is 0.341. The second-order valence-corrected chi connectivity index (χ2v) is 12.7. The SMILES string of the molecule is C[C@@H]1CNC(c2ncc(-c3ccc(-c4ccc(-c5cnc([C@@H]6C[C@H](C)CN6)[nH]5)c5c4C4CCC5C4)cc3)[nH]2)C1. The van der Waals surface area contributed by atoms with Crippen LogP contribution in [-0.2, 0) is 0 Å².